The lowest BCUT2D eigenvalue weighted by atomic mass is 9.87. The Labute approximate surface area is 538 Å². The highest BCUT2D eigenvalue weighted by Gasteiger charge is 2.39. The molecule has 486 valence electrons. The number of carbonyl (C=O) groups excluding carboxylic acids is 3. The fourth-order valence-electron chi connectivity index (χ4n) is 12.1. The number of fused-ring (bicyclic) bond motifs is 2. The molecule has 6 unspecified atom stereocenters. The Morgan fingerprint density at radius 2 is 0.824 bits per heavy atom. The van der Waals surface area contributed by atoms with Crippen LogP contribution in [0.1, 0.15) is 165 Å². The summed E-state index contributed by atoms with van der Waals surface area (Å²) in [7, 11) is 0. The average molecular weight is 1240 g/mol. The molecule has 3 amide bonds. The Kier molecular flexibility index (Phi) is 22.0. The molecule has 3 saturated heterocycles. The summed E-state index contributed by atoms with van der Waals surface area (Å²) in [5.74, 6) is 0.544. The Bertz CT molecular complexity index is 3530. The van der Waals surface area contributed by atoms with Gasteiger partial charge in [0.15, 0.2) is 0 Å². The first kappa shape index (κ1) is 67.5. The van der Waals surface area contributed by atoms with Crippen molar-refractivity contribution in [1.29, 1.82) is 0 Å². The summed E-state index contributed by atoms with van der Waals surface area (Å²) in [5.41, 5.74) is 7.88. The summed E-state index contributed by atoms with van der Waals surface area (Å²) in [6, 6.07) is 42.0. The van der Waals surface area contributed by atoms with Crippen molar-refractivity contribution >= 4 is 39.8 Å². The minimum absolute atomic E-state index is 0.107. The van der Waals surface area contributed by atoms with E-state index in [0.717, 1.165) is 47.1 Å². The molecule has 6 atom stereocenters. The van der Waals surface area contributed by atoms with E-state index < -0.39 is 16.8 Å². The van der Waals surface area contributed by atoms with Gasteiger partial charge in [0.1, 0.15) is 16.8 Å². The molecule has 3 aliphatic heterocycles. The molecule has 5 aromatic carbocycles. The maximum atomic E-state index is 12.8. The van der Waals surface area contributed by atoms with Crippen molar-refractivity contribution < 1.29 is 56.1 Å². The maximum absolute atomic E-state index is 12.8. The third-order valence-electron chi connectivity index (χ3n) is 16.7. The molecule has 8 aromatic rings. The van der Waals surface area contributed by atoms with Gasteiger partial charge in [-0.2, -0.15) is 0 Å². The van der Waals surface area contributed by atoms with Gasteiger partial charge in [-0.15, -0.1) is 0 Å². The van der Waals surface area contributed by atoms with Gasteiger partial charge < -0.3 is 56.4 Å². The first-order chi connectivity index (χ1) is 43.2. The predicted octanol–water partition coefficient (Wildman–Crippen LogP) is 17.7. The number of amides is 3. The molecule has 3 aliphatic rings. The Morgan fingerprint density at radius 1 is 0.440 bits per heavy atom. The van der Waals surface area contributed by atoms with Crippen LogP contribution in [0.25, 0.3) is 21.5 Å². The Hall–Kier alpha value is -7.85. The number of carbonyl (C=O) groups is 3. The molecule has 3 fully saturated rings. The van der Waals surface area contributed by atoms with Crippen LogP contribution in [0.15, 0.2) is 172 Å². The monoisotopic (exact) mass is 1240 g/mol. The lowest BCUT2D eigenvalue weighted by molar-refractivity contribution is -0.0361. The molecule has 0 radical (unpaired) electrons. The van der Waals surface area contributed by atoms with Crippen LogP contribution >= 0.6 is 0 Å². The van der Waals surface area contributed by atoms with Crippen LogP contribution in [0.4, 0.5) is 14.4 Å². The van der Waals surface area contributed by atoms with Crippen LogP contribution in [0.3, 0.4) is 0 Å². The van der Waals surface area contributed by atoms with Crippen LogP contribution in [0.2, 0.25) is 0 Å². The quantitative estimate of drug-likeness (QED) is 0.0844. The molecule has 6 heterocycles. The van der Waals surface area contributed by atoms with Crippen molar-refractivity contribution in [2.45, 2.75) is 187 Å². The van der Waals surface area contributed by atoms with E-state index in [1.165, 1.54) is 38.2 Å². The molecule has 0 N–H and O–H groups in total. The van der Waals surface area contributed by atoms with Gasteiger partial charge in [-0.25, -0.2) is 14.4 Å². The fraction of sp³-hybridized carbons (Fsp3) is 0.461. The highest BCUT2D eigenvalue weighted by molar-refractivity contribution is 6.02. The second-order valence-corrected chi connectivity index (χ2v) is 28.4. The van der Waals surface area contributed by atoms with E-state index in [1.54, 1.807) is 52.3 Å². The third-order valence-corrected chi connectivity index (χ3v) is 16.7. The lowest BCUT2D eigenvalue weighted by Gasteiger charge is -2.38. The number of ether oxygens (including phenoxy) is 6. The standard InChI is InChI=1S/C29H31NO4.C25H35NO4.C22H29NO4/c1-29(2,3)34-28(31)30-14-12-25(22-13-15-32-18-22)27(17-30)33-19-26-23-10-6-4-8-20(23)16-21-9-5-7-11-24(21)26;1-24(2,3)20-9-7-18(8-10-20)16-29-22-15-26(23(27)30-25(4,5)6)13-11-21(22)19-12-14-28-17-19;1-16-6-5-7-17(12-16)14-26-20-13-23(21(24)27-22(2,3)4)10-8-19(20)18-9-11-25-15-18/h4-11,13,15-16,18,25,27H,12,14,17,19H2,1-3H3;7-10,12,14,17,21-22H,11,13,15-16H2,1-6H3;5-7,9,11-12,15,19-20H,8,10,13-14H2,1-4H3. The summed E-state index contributed by atoms with van der Waals surface area (Å²) in [4.78, 5) is 43.2. The molecule has 0 saturated carbocycles. The first-order valence-electron chi connectivity index (χ1n) is 32.1. The fourth-order valence-corrected chi connectivity index (χ4v) is 12.1. The van der Waals surface area contributed by atoms with E-state index >= 15 is 0 Å². The summed E-state index contributed by atoms with van der Waals surface area (Å²) in [6.45, 7) is 30.6. The number of hydrogen-bond acceptors (Lipinski definition) is 12. The minimum atomic E-state index is -0.531. The summed E-state index contributed by atoms with van der Waals surface area (Å²) < 4.78 is 52.0. The van der Waals surface area contributed by atoms with Crippen LogP contribution in [-0.2, 0) is 53.7 Å². The SMILES string of the molecule is CC(C)(C)OC(=O)N1CCC(c2ccoc2)C(OCc2c3ccccc3cc3ccccc23)C1.CC(C)(C)OC(=O)N1CCC(c2ccoc2)C(OCc2ccc(C(C)(C)C)cc2)C1.Cc1cccc(COC2CN(C(=O)OC(C)(C)C)CCC2c2ccoc2)c1. The van der Waals surface area contributed by atoms with Crippen molar-refractivity contribution in [2.24, 2.45) is 0 Å². The smallest absolute Gasteiger partial charge is 0.410 e. The van der Waals surface area contributed by atoms with Gasteiger partial charge in [-0.3, -0.25) is 0 Å². The van der Waals surface area contributed by atoms with Gasteiger partial charge >= 0.3 is 18.3 Å². The van der Waals surface area contributed by atoms with E-state index in [2.05, 4.69) is 125 Å². The third kappa shape index (κ3) is 19.1. The zero-order valence-electron chi connectivity index (χ0n) is 55.7. The van der Waals surface area contributed by atoms with E-state index in [4.69, 9.17) is 41.7 Å². The molecule has 91 heavy (non-hydrogen) atoms. The molecular weight excluding hydrogens is 1150 g/mol. The summed E-state index contributed by atoms with van der Waals surface area (Å²) >= 11 is 0. The van der Waals surface area contributed by atoms with Gasteiger partial charge in [0, 0.05) is 37.4 Å². The Balaban J connectivity index is 0.000000163. The van der Waals surface area contributed by atoms with Gasteiger partial charge in [0.25, 0.3) is 0 Å². The Morgan fingerprint density at radius 3 is 1.19 bits per heavy atom. The number of nitrogens with zero attached hydrogens (tertiary/aromatic N) is 3. The minimum Gasteiger partial charge on any atom is -0.472 e. The zero-order chi connectivity index (χ0) is 65.1. The van der Waals surface area contributed by atoms with E-state index in [-0.39, 0.29) is 59.8 Å². The average Bonchev–Trinajstić information content (AvgIpc) is 1.88. The first-order valence-corrected chi connectivity index (χ1v) is 32.1. The summed E-state index contributed by atoms with van der Waals surface area (Å²) in [6.07, 6.45) is 11.6. The molecule has 0 spiro atoms. The van der Waals surface area contributed by atoms with Gasteiger partial charge in [-0.05, 0) is 179 Å². The number of furan rings is 3. The number of aryl methyl sites for hydroxylation is 1. The van der Waals surface area contributed by atoms with E-state index in [0.29, 0.717) is 59.1 Å². The van der Waals surface area contributed by atoms with Crippen LogP contribution in [0.5, 0.6) is 0 Å². The van der Waals surface area contributed by atoms with Crippen molar-refractivity contribution in [2.75, 3.05) is 39.3 Å². The summed E-state index contributed by atoms with van der Waals surface area (Å²) in [5, 5.41) is 4.79. The molecule has 11 rings (SSSR count). The maximum Gasteiger partial charge on any atom is 0.410 e. The molecule has 15 heteroatoms. The topological polar surface area (TPSA) is 156 Å². The van der Waals surface area contributed by atoms with Crippen molar-refractivity contribution in [3.05, 3.63) is 203 Å². The number of hydrogen-bond donors (Lipinski definition) is 0. The lowest BCUT2D eigenvalue weighted by Crippen LogP contribution is -2.48. The molecule has 15 nitrogen and oxygen atoms in total. The largest absolute Gasteiger partial charge is 0.472 e. The number of benzene rings is 5. The second kappa shape index (κ2) is 29.6. The number of likely N-dealkylation sites (tertiary alicyclic amines) is 3. The molecular formula is C76H95N3O12. The van der Waals surface area contributed by atoms with Gasteiger partial charge in [-0.1, -0.05) is 123 Å². The number of rotatable bonds is 12. The van der Waals surface area contributed by atoms with Crippen LogP contribution in [-0.4, -0.2) is 107 Å². The van der Waals surface area contributed by atoms with Crippen molar-refractivity contribution in [3.8, 4) is 0 Å². The molecule has 3 aromatic heterocycles. The van der Waals surface area contributed by atoms with Crippen LogP contribution in [0, 0.1) is 6.92 Å². The van der Waals surface area contributed by atoms with Crippen molar-refractivity contribution in [1.82, 2.24) is 14.7 Å². The van der Waals surface area contributed by atoms with Crippen LogP contribution < -0.4 is 0 Å². The molecule has 0 bridgehead atoms. The predicted molar refractivity (Wildman–Crippen MR) is 355 cm³/mol. The van der Waals surface area contributed by atoms with Gasteiger partial charge in [0.2, 0.25) is 0 Å². The second-order valence-electron chi connectivity index (χ2n) is 28.4. The highest BCUT2D eigenvalue weighted by Crippen LogP contribution is 2.37. The zero-order valence-corrected chi connectivity index (χ0v) is 55.7. The number of piperidine rings is 3. The highest BCUT2D eigenvalue weighted by atomic mass is 16.6. The normalized spacial score (nSPS) is 19.9. The van der Waals surface area contributed by atoms with E-state index in [1.807, 2.05) is 86.6 Å². The molecule has 0 aliphatic carbocycles. The van der Waals surface area contributed by atoms with E-state index in [9.17, 15) is 14.4 Å². The van der Waals surface area contributed by atoms with Crippen molar-refractivity contribution in [3.63, 3.8) is 0 Å². The van der Waals surface area contributed by atoms with Gasteiger partial charge in [0.05, 0.1) is 95.3 Å².